The number of hydrogen-bond acceptors (Lipinski definition) is 10. The lowest BCUT2D eigenvalue weighted by atomic mass is 10.0. The summed E-state index contributed by atoms with van der Waals surface area (Å²) in [5, 5.41) is 17.7. The first-order valence-electron chi connectivity index (χ1n) is 23.3. The Bertz CT molecular complexity index is 1440. The van der Waals surface area contributed by atoms with Gasteiger partial charge in [0.2, 0.25) is 0 Å². The number of aliphatic hydroxyl groups excluding tert-OH is 1. The fourth-order valence-electron chi connectivity index (χ4n) is 7.16. The lowest BCUT2D eigenvalue weighted by Gasteiger charge is -2.27. The Morgan fingerprint density at radius 3 is 1.34 bits per heavy atom. The van der Waals surface area contributed by atoms with E-state index in [2.05, 4.69) is 13.8 Å². The van der Waals surface area contributed by atoms with Gasteiger partial charge in [0.1, 0.15) is 6.61 Å². The molecule has 61 heavy (non-hydrogen) atoms. The van der Waals surface area contributed by atoms with Crippen LogP contribution in [0.1, 0.15) is 179 Å². The molecule has 0 saturated carbocycles. The first kappa shape index (κ1) is 53.3. The fraction of sp³-hybridized carbons (Fsp3) is 0.680. The number of ether oxygens (including phenoxy) is 5. The van der Waals surface area contributed by atoms with Crippen molar-refractivity contribution in [2.75, 3.05) is 26.4 Å². The number of esters is 3. The van der Waals surface area contributed by atoms with E-state index in [1.807, 2.05) is 60.7 Å². The Morgan fingerprint density at radius 1 is 0.557 bits per heavy atom. The smallest absolute Gasteiger partial charge is 0.306 e. The lowest BCUT2D eigenvalue weighted by molar-refractivity contribution is -0.169. The number of rotatable bonds is 31. The number of cyclic esters (lactones) is 2. The highest BCUT2D eigenvalue weighted by Crippen LogP contribution is 2.29. The van der Waals surface area contributed by atoms with E-state index < -0.39 is 17.2 Å². The van der Waals surface area contributed by atoms with Crippen LogP contribution in [0, 0.1) is 0 Å². The van der Waals surface area contributed by atoms with Crippen LogP contribution in [0.15, 0.2) is 60.7 Å². The van der Waals surface area contributed by atoms with Crippen LogP contribution in [0.3, 0.4) is 0 Å². The molecule has 11 nitrogen and oxygen atoms in total. The molecule has 0 aromatic heterocycles. The number of carbonyl (C=O) groups excluding carboxylic acids is 3. The Kier molecular flexibility index (Phi) is 29.5. The van der Waals surface area contributed by atoms with E-state index in [1.165, 1.54) is 89.9 Å². The van der Waals surface area contributed by atoms with E-state index in [0.717, 1.165) is 36.8 Å². The molecule has 2 N–H and O–H groups in total. The van der Waals surface area contributed by atoms with E-state index in [1.54, 1.807) is 0 Å². The summed E-state index contributed by atoms with van der Waals surface area (Å²) in [5.74, 6) is -1.40. The van der Waals surface area contributed by atoms with Gasteiger partial charge >= 0.3 is 23.9 Å². The number of aliphatic carboxylic acids is 1. The zero-order valence-electron chi connectivity index (χ0n) is 37.6. The fourth-order valence-corrected chi connectivity index (χ4v) is 7.16. The maximum absolute atomic E-state index is 12.1. The van der Waals surface area contributed by atoms with Crippen molar-refractivity contribution < 1.29 is 53.1 Å². The van der Waals surface area contributed by atoms with Gasteiger partial charge in [-0.05, 0) is 24.0 Å². The van der Waals surface area contributed by atoms with Crippen LogP contribution in [-0.4, -0.2) is 71.7 Å². The molecule has 2 fully saturated rings. The van der Waals surface area contributed by atoms with Gasteiger partial charge in [-0.25, -0.2) is 0 Å². The largest absolute Gasteiger partial charge is 0.481 e. The van der Waals surface area contributed by atoms with Crippen LogP contribution in [0.25, 0.3) is 0 Å². The predicted octanol–water partition coefficient (Wildman–Crippen LogP) is 11.0. The number of hydrogen-bond donors (Lipinski definition) is 2. The van der Waals surface area contributed by atoms with Gasteiger partial charge in [0, 0.05) is 38.5 Å². The Hall–Kier alpha value is -3.80. The molecule has 2 aromatic carbocycles. The molecule has 0 amide bonds. The second-order valence-electron chi connectivity index (χ2n) is 16.6. The molecule has 2 heterocycles. The molecule has 0 spiro atoms. The number of carboxylic acid groups (broad SMARTS) is 1. The third kappa shape index (κ3) is 26.3. The van der Waals surface area contributed by atoms with Gasteiger partial charge < -0.3 is 33.9 Å². The summed E-state index contributed by atoms with van der Waals surface area (Å²) in [4.78, 5) is 45.1. The number of carbonyl (C=O) groups is 4. The minimum absolute atomic E-state index is 0.0732. The Balaban J connectivity index is 0.000000348. The van der Waals surface area contributed by atoms with E-state index in [9.17, 15) is 24.3 Å². The normalized spacial score (nSPS) is 18.0. The third-order valence-electron chi connectivity index (χ3n) is 10.9. The summed E-state index contributed by atoms with van der Waals surface area (Å²) < 4.78 is 27.4. The molecule has 2 saturated heterocycles. The molecule has 0 bridgehead atoms. The number of carboxylic acids is 1. The van der Waals surface area contributed by atoms with Crippen molar-refractivity contribution >= 4 is 23.9 Å². The van der Waals surface area contributed by atoms with Gasteiger partial charge in [-0.3, -0.25) is 19.2 Å². The first-order chi connectivity index (χ1) is 29.6. The van der Waals surface area contributed by atoms with Crippen molar-refractivity contribution in [1.29, 1.82) is 0 Å². The van der Waals surface area contributed by atoms with Gasteiger partial charge in [0.25, 0.3) is 0 Å². The number of unbranched alkanes of at least 4 members (excludes halogenated alkanes) is 16. The molecule has 0 radical (unpaired) electrons. The van der Waals surface area contributed by atoms with E-state index in [0.29, 0.717) is 51.7 Å². The van der Waals surface area contributed by atoms with E-state index in [-0.39, 0.29) is 44.3 Å². The van der Waals surface area contributed by atoms with Gasteiger partial charge in [0.05, 0.1) is 33.0 Å². The maximum Gasteiger partial charge on any atom is 0.306 e. The van der Waals surface area contributed by atoms with Crippen LogP contribution in [-0.2, 0) is 56.1 Å². The number of benzene rings is 2. The van der Waals surface area contributed by atoms with Crippen LogP contribution in [0.2, 0.25) is 0 Å². The highest BCUT2D eigenvalue weighted by atomic mass is 16.6. The molecule has 4 rings (SSSR count). The second kappa shape index (κ2) is 33.8. The first-order valence-corrected chi connectivity index (χ1v) is 23.3. The molecular weight excluding hydrogens is 777 g/mol. The molecule has 11 heteroatoms. The summed E-state index contributed by atoms with van der Waals surface area (Å²) in [7, 11) is 0. The summed E-state index contributed by atoms with van der Waals surface area (Å²) in [6, 6.07) is 19.6. The van der Waals surface area contributed by atoms with Gasteiger partial charge in [-0.1, -0.05) is 177 Å². The monoisotopic (exact) mass is 855 g/mol. The van der Waals surface area contributed by atoms with Gasteiger partial charge in [-0.2, -0.15) is 0 Å². The molecule has 2 unspecified atom stereocenters. The highest BCUT2D eigenvalue weighted by Gasteiger charge is 2.42. The Labute approximate surface area is 366 Å². The highest BCUT2D eigenvalue weighted by molar-refractivity contribution is 5.73. The zero-order valence-corrected chi connectivity index (χ0v) is 37.6. The van der Waals surface area contributed by atoms with Crippen molar-refractivity contribution in [2.45, 2.75) is 192 Å². The minimum atomic E-state index is -0.847. The minimum Gasteiger partial charge on any atom is -0.481 e. The summed E-state index contributed by atoms with van der Waals surface area (Å²) in [6.07, 6.45) is 24.5. The van der Waals surface area contributed by atoms with Crippen LogP contribution >= 0.6 is 0 Å². The molecule has 2 aliphatic heterocycles. The lowest BCUT2D eigenvalue weighted by Crippen LogP contribution is -2.40. The summed E-state index contributed by atoms with van der Waals surface area (Å²) >= 11 is 0. The summed E-state index contributed by atoms with van der Waals surface area (Å²) in [6.45, 7) is 5.72. The van der Waals surface area contributed by atoms with Crippen molar-refractivity contribution in [3.8, 4) is 0 Å². The molecule has 344 valence electrons. The van der Waals surface area contributed by atoms with E-state index >= 15 is 0 Å². The molecular formula is C50H78O11. The third-order valence-corrected chi connectivity index (χ3v) is 10.9. The number of aliphatic hydroxyl groups is 1. The molecule has 2 atom stereocenters. The van der Waals surface area contributed by atoms with Crippen LogP contribution in [0.5, 0.6) is 0 Å². The SMILES string of the molecule is CCCCCCCCCCCC(=O)O.CCCCCCCCCCCC(=O)OCC1(COCc2ccccc2)CCC(=O)O1.O=C1CCC(CO)(COCc2ccccc2)O1. The standard InChI is InChI=1S/C25H38O5.C13H16O4.C12H24O2/c1-2-3-4-5-6-7-8-9-13-16-23(26)29-21-25(18-17-24(27)30-25)20-28-19-22-14-11-10-12-15-22;14-9-13(7-6-12(15)17-13)10-16-8-11-4-2-1-3-5-11;1-2-3-4-5-6-7-8-9-10-11-12(13)14/h10-12,14-15H,2-9,13,16-21H2,1H3;1-5,14H,6-10H2;2-11H2,1H3,(H,13,14). The van der Waals surface area contributed by atoms with Crippen LogP contribution in [0.4, 0.5) is 0 Å². The average Bonchev–Trinajstić information content (AvgIpc) is 3.84. The zero-order chi connectivity index (χ0) is 44.3. The Morgan fingerprint density at radius 2 is 0.951 bits per heavy atom. The van der Waals surface area contributed by atoms with Gasteiger partial charge in [0.15, 0.2) is 11.2 Å². The van der Waals surface area contributed by atoms with E-state index in [4.69, 9.17) is 28.8 Å². The maximum atomic E-state index is 12.1. The topological polar surface area (TPSA) is 155 Å². The van der Waals surface area contributed by atoms with Crippen molar-refractivity contribution in [3.63, 3.8) is 0 Å². The van der Waals surface area contributed by atoms with Crippen molar-refractivity contribution in [1.82, 2.24) is 0 Å². The second-order valence-corrected chi connectivity index (χ2v) is 16.6. The average molecular weight is 855 g/mol. The van der Waals surface area contributed by atoms with Crippen molar-refractivity contribution in [2.24, 2.45) is 0 Å². The van der Waals surface area contributed by atoms with Gasteiger partial charge in [-0.15, -0.1) is 0 Å². The summed E-state index contributed by atoms with van der Waals surface area (Å²) in [5.41, 5.74) is 0.440. The molecule has 0 aliphatic carbocycles. The van der Waals surface area contributed by atoms with Crippen LogP contribution < -0.4 is 0 Å². The quantitative estimate of drug-likeness (QED) is 0.0423. The molecule has 2 aliphatic rings. The molecule has 2 aromatic rings. The van der Waals surface area contributed by atoms with Crippen molar-refractivity contribution in [3.05, 3.63) is 71.8 Å². The predicted molar refractivity (Wildman–Crippen MR) is 238 cm³/mol.